The van der Waals surface area contributed by atoms with Crippen LogP contribution in [0.1, 0.15) is 5.82 Å². The van der Waals surface area contributed by atoms with Gasteiger partial charge in [0.1, 0.15) is 10.9 Å². The number of thioether (sulfide) groups is 1. The summed E-state index contributed by atoms with van der Waals surface area (Å²) in [5, 5.41) is 6.97. The van der Waals surface area contributed by atoms with Crippen molar-refractivity contribution in [1.82, 2.24) is 9.97 Å². The lowest BCUT2D eigenvalue weighted by molar-refractivity contribution is -0.113. The normalized spacial score (nSPS) is 11.0. The summed E-state index contributed by atoms with van der Waals surface area (Å²) >= 11 is 1.43. The van der Waals surface area contributed by atoms with Crippen molar-refractivity contribution in [3.63, 3.8) is 0 Å². The molecule has 0 radical (unpaired) electrons. The fourth-order valence-corrected chi connectivity index (χ4v) is 3.79. The smallest absolute Gasteiger partial charge is 0.234 e. The Balaban J connectivity index is 1.53. The number of nitrogens with zero attached hydrogens (tertiary/aromatic N) is 2. The predicted molar refractivity (Wildman–Crippen MR) is 108 cm³/mol. The predicted octanol–water partition coefficient (Wildman–Crippen LogP) is 4.82. The number of aromatic nitrogens is 2. The summed E-state index contributed by atoms with van der Waals surface area (Å²) in [4.78, 5) is 21.4. The molecule has 0 aliphatic carbocycles. The van der Waals surface area contributed by atoms with Crippen LogP contribution in [0.15, 0.2) is 71.8 Å². The Hall–Kier alpha value is -2.92. The van der Waals surface area contributed by atoms with E-state index in [1.165, 1.54) is 11.8 Å². The van der Waals surface area contributed by atoms with Gasteiger partial charge in [-0.15, -0.1) is 0 Å². The molecule has 1 N–H and O–H groups in total. The maximum Gasteiger partial charge on any atom is 0.234 e. The maximum absolute atomic E-state index is 12.5. The Morgan fingerprint density at radius 3 is 2.54 bits per heavy atom. The van der Waals surface area contributed by atoms with Crippen LogP contribution < -0.4 is 5.32 Å². The number of hydrogen-bond donors (Lipinski definition) is 1. The maximum atomic E-state index is 12.5. The first-order valence-electron chi connectivity index (χ1n) is 8.34. The van der Waals surface area contributed by atoms with Gasteiger partial charge in [-0.05, 0) is 24.4 Å². The van der Waals surface area contributed by atoms with E-state index in [4.69, 9.17) is 0 Å². The molecule has 26 heavy (non-hydrogen) atoms. The Labute approximate surface area is 155 Å². The zero-order valence-electron chi connectivity index (χ0n) is 14.3. The molecule has 0 spiro atoms. The van der Waals surface area contributed by atoms with Crippen LogP contribution in [0.2, 0.25) is 0 Å². The number of rotatable bonds is 4. The first-order chi connectivity index (χ1) is 12.7. The van der Waals surface area contributed by atoms with Crippen LogP contribution in [0.5, 0.6) is 0 Å². The Bertz CT molecular complexity index is 1110. The highest BCUT2D eigenvalue weighted by Crippen LogP contribution is 2.26. The molecular formula is C21H17N3OS. The van der Waals surface area contributed by atoms with Crippen LogP contribution >= 0.6 is 11.8 Å². The highest BCUT2D eigenvalue weighted by molar-refractivity contribution is 8.00. The summed E-state index contributed by atoms with van der Waals surface area (Å²) in [5.41, 5.74) is 1.73. The van der Waals surface area contributed by atoms with Crippen molar-refractivity contribution in [1.29, 1.82) is 0 Å². The number of carbonyl (C=O) groups is 1. The molecule has 3 aromatic carbocycles. The monoisotopic (exact) mass is 359 g/mol. The minimum Gasteiger partial charge on any atom is -0.325 e. The molecule has 128 valence electrons. The number of aryl methyl sites for hydroxylation is 1. The molecule has 0 fully saturated rings. The largest absolute Gasteiger partial charge is 0.325 e. The SMILES string of the molecule is Cc1nc(SCC(=O)Nc2cccc3ccccc23)c2ccccc2n1. The van der Waals surface area contributed by atoms with Gasteiger partial charge in [0.05, 0.1) is 11.3 Å². The second kappa shape index (κ2) is 7.14. The molecule has 4 nitrogen and oxygen atoms in total. The van der Waals surface area contributed by atoms with Crippen LogP contribution in [-0.4, -0.2) is 21.6 Å². The number of hydrogen-bond acceptors (Lipinski definition) is 4. The molecule has 0 saturated heterocycles. The number of anilines is 1. The first kappa shape index (κ1) is 16.5. The molecule has 1 heterocycles. The molecule has 0 atom stereocenters. The van der Waals surface area contributed by atoms with Crippen LogP contribution in [0.3, 0.4) is 0 Å². The van der Waals surface area contributed by atoms with Gasteiger partial charge < -0.3 is 5.32 Å². The molecule has 4 aromatic rings. The molecule has 4 rings (SSSR count). The lowest BCUT2D eigenvalue weighted by atomic mass is 10.1. The second-order valence-electron chi connectivity index (χ2n) is 5.96. The minimum atomic E-state index is -0.0494. The summed E-state index contributed by atoms with van der Waals surface area (Å²) in [7, 11) is 0. The number of benzene rings is 3. The van der Waals surface area contributed by atoms with Gasteiger partial charge in [0.2, 0.25) is 5.91 Å². The number of para-hydroxylation sites is 1. The van der Waals surface area contributed by atoms with E-state index >= 15 is 0 Å². The third kappa shape index (κ3) is 3.39. The van der Waals surface area contributed by atoms with E-state index < -0.39 is 0 Å². The molecule has 0 saturated carbocycles. The minimum absolute atomic E-state index is 0.0494. The van der Waals surface area contributed by atoms with Crippen LogP contribution in [-0.2, 0) is 4.79 Å². The van der Waals surface area contributed by atoms with Crippen LogP contribution in [0.4, 0.5) is 5.69 Å². The lowest BCUT2D eigenvalue weighted by Gasteiger charge is -2.09. The average Bonchev–Trinajstić information content (AvgIpc) is 2.66. The molecule has 1 amide bonds. The van der Waals surface area contributed by atoms with Gasteiger partial charge in [0.15, 0.2) is 0 Å². The van der Waals surface area contributed by atoms with E-state index in [9.17, 15) is 4.79 Å². The molecule has 1 aromatic heterocycles. The van der Waals surface area contributed by atoms with Crippen LogP contribution in [0.25, 0.3) is 21.7 Å². The first-order valence-corrected chi connectivity index (χ1v) is 9.33. The van der Waals surface area contributed by atoms with Gasteiger partial charge in [0, 0.05) is 16.5 Å². The Morgan fingerprint density at radius 1 is 0.923 bits per heavy atom. The number of fused-ring (bicyclic) bond motifs is 2. The summed E-state index contributed by atoms with van der Waals surface area (Å²) in [6, 6.07) is 21.8. The fourth-order valence-electron chi connectivity index (χ4n) is 2.92. The van der Waals surface area contributed by atoms with E-state index in [1.807, 2.05) is 73.7 Å². The van der Waals surface area contributed by atoms with Gasteiger partial charge >= 0.3 is 0 Å². The van der Waals surface area contributed by atoms with Crippen molar-refractivity contribution in [2.75, 3.05) is 11.1 Å². The van der Waals surface area contributed by atoms with E-state index in [0.29, 0.717) is 11.6 Å². The average molecular weight is 359 g/mol. The Morgan fingerprint density at radius 2 is 1.65 bits per heavy atom. The summed E-state index contributed by atoms with van der Waals surface area (Å²) in [6.07, 6.45) is 0. The van der Waals surface area contributed by atoms with E-state index in [-0.39, 0.29) is 5.91 Å². The van der Waals surface area contributed by atoms with Crippen molar-refractivity contribution in [2.24, 2.45) is 0 Å². The molecule has 0 unspecified atom stereocenters. The van der Waals surface area contributed by atoms with Crippen molar-refractivity contribution in [3.8, 4) is 0 Å². The lowest BCUT2D eigenvalue weighted by Crippen LogP contribution is -2.14. The van der Waals surface area contributed by atoms with Gasteiger partial charge in [-0.1, -0.05) is 66.4 Å². The topological polar surface area (TPSA) is 54.9 Å². The van der Waals surface area contributed by atoms with Crippen molar-refractivity contribution >= 4 is 45.0 Å². The number of amides is 1. The van der Waals surface area contributed by atoms with Gasteiger partial charge in [-0.3, -0.25) is 4.79 Å². The standard InChI is InChI=1S/C21H17N3OS/c1-14-22-19-11-5-4-10-17(19)21(23-14)26-13-20(25)24-18-12-6-8-15-7-2-3-9-16(15)18/h2-12H,13H2,1H3,(H,24,25). The summed E-state index contributed by atoms with van der Waals surface area (Å²) in [6.45, 7) is 1.87. The Kier molecular flexibility index (Phi) is 4.54. The van der Waals surface area contributed by atoms with Crippen molar-refractivity contribution in [2.45, 2.75) is 11.9 Å². The number of nitrogens with one attached hydrogen (secondary N) is 1. The van der Waals surface area contributed by atoms with Gasteiger partial charge in [-0.25, -0.2) is 9.97 Å². The summed E-state index contributed by atoms with van der Waals surface area (Å²) < 4.78 is 0. The third-order valence-corrected chi connectivity index (χ3v) is 5.07. The quantitative estimate of drug-likeness (QED) is 0.419. The molecule has 0 aliphatic rings. The van der Waals surface area contributed by atoms with E-state index in [1.54, 1.807) is 0 Å². The zero-order chi connectivity index (χ0) is 17.9. The highest BCUT2D eigenvalue weighted by Gasteiger charge is 2.10. The number of carbonyl (C=O) groups excluding carboxylic acids is 1. The summed E-state index contributed by atoms with van der Waals surface area (Å²) in [5.74, 6) is 0.955. The molecule has 0 bridgehead atoms. The van der Waals surface area contributed by atoms with Crippen LogP contribution in [0, 0.1) is 6.92 Å². The molecule has 5 heteroatoms. The molecular weight excluding hydrogens is 342 g/mol. The van der Waals surface area contributed by atoms with Crippen molar-refractivity contribution < 1.29 is 4.79 Å². The fraction of sp³-hybridized carbons (Fsp3) is 0.0952. The third-order valence-electron chi connectivity index (χ3n) is 4.08. The highest BCUT2D eigenvalue weighted by atomic mass is 32.2. The van der Waals surface area contributed by atoms with E-state index in [2.05, 4.69) is 15.3 Å². The second-order valence-corrected chi connectivity index (χ2v) is 6.92. The van der Waals surface area contributed by atoms with Gasteiger partial charge in [-0.2, -0.15) is 0 Å². The molecule has 0 aliphatic heterocycles. The van der Waals surface area contributed by atoms with Gasteiger partial charge in [0.25, 0.3) is 0 Å². The zero-order valence-corrected chi connectivity index (χ0v) is 15.1. The van der Waals surface area contributed by atoms with E-state index in [0.717, 1.165) is 32.4 Å². The van der Waals surface area contributed by atoms with Crippen molar-refractivity contribution in [3.05, 3.63) is 72.6 Å².